The molecule has 3 N–H and O–H groups in total. The number of ketones is 1. The quantitative estimate of drug-likeness (QED) is 0.101. The third-order valence-corrected chi connectivity index (χ3v) is 13.7. The van der Waals surface area contributed by atoms with Gasteiger partial charge in [-0.3, -0.25) is 24.0 Å². The summed E-state index contributed by atoms with van der Waals surface area (Å²) in [4.78, 5) is 96.4. The largest absolute Gasteiger partial charge is 0.455 e. The number of rotatable bonds is 12. The average molecular weight is 882 g/mol. The number of Topliss-reactive ketones (excluding diaryl/α,β-unsaturated/α-hetero) is 1. The van der Waals surface area contributed by atoms with Crippen LogP contribution in [0.5, 0.6) is 0 Å². The van der Waals surface area contributed by atoms with E-state index in [4.69, 9.17) is 28.4 Å². The smallest absolute Gasteiger partial charge is 0.350 e. The summed E-state index contributed by atoms with van der Waals surface area (Å²) in [5.41, 5.74) is -7.20. The third kappa shape index (κ3) is 7.66. The lowest BCUT2D eigenvalue weighted by Crippen LogP contribution is -2.82. The Morgan fingerprint density at radius 2 is 1.44 bits per heavy atom. The van der Waals surface area contributed by atoms with E-state index in [1.807, 2.05) is 0 Å². The summed E-state index contributed by atoms with van der Waals surface area (Å²) in [5, 5.41) is 28.6. The number of hydrogen-bond donors (Lipinski definition) is 3. The molecule has 2 bridgehead atoms. The predicted molar refractivity (Wildman–Crippen MR) is 223 cm³/mol. The Kier molecular flexibility index (Phi) is 12.4. The van der Waals surface area contributed by atoms with Crippen molar-refractivity contribution in [3.05, 3.63) is 119 Å². The van der Waals surface area contributed by atoms with Gasteiger partial charge in [-0.05, 0) is 54.8 Å². The molecular weight excluding hydrogens is 831 g/mol. The number of fused-ring (bicyclic) bond motifs is 5. The highest BCUT2D eigenvalue weighted by molar-refractivity contribution is 5.96. The van der Waals surface area contributed by atoms with Gasteiger partial charge in [-0.15, -0.1) is 0 Å². The fraction of sp³-hybridized carbons (Fsp3) is 0.438. The molecule has 11 atom stereocenters. The fourth-order valence-electron chi connectivity index (χ4n) is 10.4. The van der Waals surface area contributed by atoms with E-state index in [1.54, 1.807) is 92.7 Å². The van der Waals surface area contributed by atoms with Crippen molar-refractivity contribution in [3.8, 4) is 0 Å². The summed E-state index contributed by atoms with van der Waals surface area (Å²) in [7, 11) is 0. The molecule has 64 heavy (non-hydrogen) atoms. The molecule has 4 aliphatic rings. The summed E-state index contributed by atoms with van der Waals surface area (Å²) in [6.07, 6.45) is -10.5. The van der Waals surface area contributed by atoms with Crippen molar-refractivity contribution in [2.45, 2.75) is 108 Å². The zero-order valence-electron chi connectivity index (χ0n) is 36.2. The molecule has 1 heterocycles. The molecule has 0 spiro atoms. The number of ether oxygens (including phenoxy) is 6. The summed E-state index contributed by atoms with van der Waals surface area (Å²) >= 11 is 0. The molecule has 3 fully saturated rings. The van der Waals surface area contributed by atoms with Gasteiger partial charge in [0.15, 0.2) is 17.5 Å². The Morgan fingerprint density at radius 3 is 1.98 bits per heavy atom. The molecule has 3 aromatic rings. The van der Waals surface area contributed by atoms with Crippen molar-refractivity contribution < 1.29 is 72.2 Å². The molecule has 0 aromatic heterocycles. The van der Waals surface area contributed by atoms with Crippen LogP contribution >= 0.6 is 0 Å². The number of hydrogen-bond acceptors (Lipinski definition) is 15. The summed E-state index contributed by atoms with van der Waals surface area (Å²) in [6.45, 7) is 7.93. The lowest BCUT2D eigenvalue weighted by Gasteiger charge is -2.67. The zero-order chi connectivity index (χ0) is 46.4. The van der Waals surface area contributed by atoms with Crippen LogP contribution in [0.15, 0.2) is 102 Å². The maximum absolute atomic E-state index is 15.6. The van der Waals surface area contributed by atoms with Crippen LogP contribution in [0.1, 0.15) is 86.7 Å². The number of benzene rings is 3. The molecule has 0 radical (unpaired) electrons. The second-order valence-corrected chi connectivity index (χ2v) is 17.6. The molecule has 2 unspecified atom stereocenters. The topological polar surface area (TPSA) is 227 Å². The number of amides is 1. The molecule has 2 saturated carbocycles. The molecule has 7 rings (SSSR count). The third-order valence-electron chi connectivity index (χ3n) is 13.7. The van der Waals surface area contributed by atoms with Crippen molar-refractivity contribution in [2.75, 3.05) is 6.61 Å². The highest BCUT2D eigenvalue weighted by Gasteiger charge is 2.78. The first-order valence-corrected chi connectivity index (χ1v) is 20.9. The van der Waals surface area contributed by atoms with Crippen LogP contribution in [0.4, 0.5) is 0 Å². The van der Waals surface area contributed by atoms with Crippen LogP contribution in [-0.2, 0) is 52.4 Å². The lowest BCUT2D eigenvalue weighted by molar-refractivity contribution is -0.346. The molecule has 1 amide bonds. The van der Waals surface area contributed by atoms with Gasteiger partial charge in [-0.25, -0.2) is 9.59 Å². The Labute approximate surface area is 369 Å². The van der Waals surface area contributed by atoms with Gasteiger partial charge in [0.25, 0.3) is 12.4 Å². The number of aliphatic hydroxyl groups excluding tert-OH is 1. The van der Waals surface area contributed by atoms with Gasteiger partial charge in [0.05, 0.1) is 29.6 Å². The molecular formula is C48H51NO15. The molecule has 338 valence electrons. The number of esters is 4. The predicted octanol–water partition coefficient (Wildman–Crippen LogP) is 3.92. The molecule has 16 nitrogen and oxygen atoms in total. The van der Waals surface area contributed by atoms with E-state index in [2.05, 4.69) is 5.32 Å². The molecule has 3 aliphatic carbocycles. The van der Waals surface area contributed by atoms with E-state index >= 15 is 4.79 Å². The van der Waals surface area contributed by atoms with Gasteiger partial charge in [0, 0.05) is 37.7 Å². The monoisotopic (exact) mass is 881 g/mol. The Bertz CT molecular complexity index is 2350. The molecule has 3 aromatic carbocycles. The minimum atomic E-state index is -2.42. The number of nitrogens with one attached hydrogen (secondary N) is 1. The SMILES string of the molecule is CC(=O)O[C@H]1C(=O)[C@]2(C)[C@@H](O)CC3OC[C@@]3(OC(C)=O)[C@H]2[C@H](OC(=O)c2ccccc2)[C@]2(O)CC(OC(=O)[C@H](OC=O)[C@@H](NC(=O)c3ccccc3)c3ccccc3)C(C)=C1C2(C)C. The van der Waals surface area contributed by atoms with Crippen LogP contribution in [0, 0.1) is 16.7 Å². The maximum Gasteiger partial charge on any atom is 0.350 e. The van der Waals surface area contributed by atoms with Crippen LogP contribution in [0.25, 0.3) is 0 Å². The molecule has 1 aliphatic heterocycles. The Hall–Kier alpha value is -6.23. The Morgan fingerprint density at radius 1 is 0.844 bits per heavy atom. The van der Waals surface area contributed by atoms with Crippen molar-refractivity contribution >= 4 is 42.0 Å². The second kappa shape index (κ2) is 17.4. The second-order valence-electron chi connectivity index (χ2n) is 17.6. The van der Waals surface area contributed by atoms with Crippen LogP contribution < -0.4 is 5.32 Å². The number of aliphatic hydroxyl groups is 2. The van der Waals surface area contributed by atoms with Gasteiger partial charge < -0.3 is 44.0 Å². The normalized spacial score (nSPS) is 31.1. The van der Waals surface area contributed by atoms with E-state index < -0.39 is 113 Å². The van der Waals surface area contributed by atoms with Crippen LogP contribution in [-0.4, -0.2) is 107 Å². The number of carbonyl (C=O) groups excluding carboxylic acids is 7. The van der Waals surface area contributed by atoms with E-state index in [9.17, 15) is 39.0 Å². The van der Waals surface area contributed by atoms with Gasteiger partial charge in [0.1, 0.15) is 30.0 Å². The highest BCUT2D eigenvalue weighted by atomic mass is 16.6. The van der Waals surface area contributed by atoms with Crippen molar-refractivity contribution in [2.24, 2.45) is 16.7 Å². The first kappa shape index (κ1) is 45.8. The van der Waals surface area contributed by atoms with Crippen LogP contribution in [0.2, 0.25) is 0 Å². The summed E-state index contributed by atoms with van der Waals surface area (Å²) < 4.78 is 35.8. The van der Waals surface area contributed by atoms with Gasteiger partial charge >= 0.3 is 23.9 Å². The lowest BCUT2D eigenvalue weighted by atomic mass is 9.44. The first-order valence-electron chi connectivity index (χ1n) is 20.9. The van der Waals surface area contributed by atoms with Crippen LogP contribution in [0.3, 0.4) is 0 Å². The van der Waals surface area contributed by atoms with Crippen molar-refractivity contribution in [1.29, 1.82) is 0 Å². The summed E-state index contributed by atoms with van der Waals surface area (Å²) in [5.74, 6) is -6.90. The first-order chi connectivity index (χ1) is 30.3. The minimum absolute atomic E-state index is 0.0229. The Balaban J connectivity index is 1.41. The standard InChI is InChI=1S/C48H51NO15/c1-26-32(62-44(57)38(60-25-50)36(29-16-10-7-11-17-29)49-42(55)30-18-12-8-13-19-30)23-48(58)41(63-43(56)31-20-14-9-15-21-31)39-46(6,33(53)22-34-47(39,24-59-34)64-28(3)52)40(54)37(61-27(2)51)35(26)45(48,4)5/h7-21,25,32-34,36-39,41,53,58H,22-24H2,1-6H3,(H,49,55)/t32?,33-,34?,36-,37+,38+,39-,41-,46+,47-,48+/m0/s1. The van der Waals surface area contributed by atoms with E-state index in [0.29, 0.717) is 5.56 Å². The van der Waals surface area contributed by atoms with Crippen molar-refractivity contribution in [1.82, 2.24) is 5.32 Å². The van der Waals surface area contributed by atoms with Crippen molar-refractivity contribution in [3.63, 3.8) is 0 Å². The van der Waals surface area contributed by atoms with Gasteiger partial charge in [-0.1, -0.05) is 80.6 Å². The fourth-order valence-corrected chi connectivity index (χ4v) is 10.4. The molecule has 1 saturated heterocycles. The number of carbonyl (C=O) groups is 7. The molecule has 16 heteroatoms. The average Bonchev–Trinajstić information content (AvgIpc) is 3.26. The maximum atomic E-state index is 15.6. The minimum Gasteiger partial charge on any atom is -0.455 e. The van der Waals surface area contributed by atoms with E-state index in [-0.39, 0.29) is 41.8 Å². The highest BCUT2D eigenvalue weighted by Crippen LogP contribution is 2.64. The zero-order valence-corrected chi connectivity index (χ0v) is 36.2. The summed E-state index contributed by atoms with van der Waals surface area (Å²) in [6, 6.07) is 22.8. The van der Waals surface area contributed by atoms with E-state index in [0.717, 1.165) is 13.8 Å². The van der Waals surface area contributed by atoms with Gasteiger partial charge in [0.2, 0.25) is 6.10 Å². The van der Waals surface area contributed by atoms with Gasteiger partial charge in [-0.2, -0.15) is 0 Å². The van der Waals surface area contributed by atoms with E-state index in [1.165, 1.54) is 26.0 Å².